The van der Waals surface area contributed by atoms with E-state index < -0.39 is 5.54 Å². The molecule has 2 heterocycles. The summed E-state index contributed by atoms with van der Waals surface area (Å²) in [5, 5.41) is 22.6. The van der Waals surface area contributed by atoms with E-state index in [0.717, 1.165) is 72.4 Å². The van der Waals surface area contributed by atoms with E-state index in [-0.39, 0.29) is 23.8 Å². The second kappa shape index (κ2) is 38.9. The molecule has 0 aromatic carbocycles. The Balaban J connectivity index is -0.000000163. The van der Waals surface area contributed by atoms with E-state index in [1.165, 1.54) is 12.8 Å². The third kappa shape index (κ3) is 27.0. The maximum atomic E-state index is 12.0. The summed E-state index contributed by atoms with van der Waals surface area (Å²) in [7, 11) is 5.34. The lowest BCUT2D eigenvalue weighted by atomic mass is 10.1. The molecule has 0 bridgehead atoms. The van der Waals surface area contributed by atoms with Gasteiger partial charge < -0.3 is 45.6 Å². The van der Waals surface area contributed by atoms with Crippen LogP contribution in [-0.2, 0) is 19.1 Å². The van der Waals surface area contributed by atoms with E-state index in [1.54, 1.807) is 26.4 Å². The van der Waals surface area contributed by atoms with Crippen molar-refractivity contribution in [2.24, 2.45) is 21.8 Å². The monoisotopic (exact) mass is 643 g/mol. The summed E-state index contributed by atoms with van der Waals surface area (Å²) in [5.74, 6) is 0.743. The van der Waals surface area contributed by atoms with Crippen LogP contribution in [0.3, 0.4) is 0 Å². The van der Waals surface area contributed by atoms with Crippen molar-refractivity contribution in [2.45, 2.75) is 78.3 Å². The van der Waals surface area contributed by atoms with Crippen molar-refractivity contribution in [3.63, 3.8) is 0 Å². The number of ether oxygens (including phenoxy) is 1. The van der Waals surface area contributed by atoms with Gasteiger partial charge in [-0.1, -0.05) is 39.7 Å². The number of morpholine rings is 1. The SMILES string of the molecule is C#C.C=CC1CC1(NC(=O)[C@@H]1CCCN1)C(=O)NC.C=O.CC=NC.CCCC(C)C.CCN=CN1CCOCC1.CO.CO. The van der Waals surface area contributed by atoms with E-state index in [9.17, 15) is 9.59 Å². The topological polar surface area (TPSA) is 165 Å². The number of rotatable bonds is 8. The number of nitrogens with one attached hydrogen (secondary N) is 3. The normalized spacial score (nSPS) is 20.4. The Kier molecular flexibility index (Phi) is 44.5. The van der Waals surface area contributed by atoms with Gasteiger partial charge in [0.2, 0.25) is 11.8 Å². The third-order valence-corrected chi connectivity index (χ3v) is 6.25. The minimum atomic E-state index is -0.752. The number of likely N-dealkylation sites (N-methyl/N-ethyl adjacent to an activating group) is 1. The van der Waals surface area contributed by atoms with Gasteiger partial charge in [-0.05, 0) is 51.8 Å². The highest BCUT2D eigenvalue weighted by molar-refractivity contribution is 5.96. The molecule has 1 aliphatic carbocycles. The molecule has 0 radical (unpaired) electrons. The molecule has 2 saturated heterocycles. The Morgan fingerprint density at radius 1 is 1.16 bits per heavy atom. The molecule has 1 saturated carbocycles. The summed E-state index contributed by atoms with van der Waals surface area (Å²) < 4.78 is 5.18. The fourth-order valence-corrected chi connectivity index (χ4v) is 3.94. The van der Waals surface area contributed by atoms with Crippen LogP contribution in [0.1, 0.15) is 66.7 Å². The van der Waals surface area contributed by atoms with Crippen molar-refractivity contribution < 1.29 is 29.3 Å². The van der Waals surface area contributed by atoms with Gasteiger partial charge in [-0.15, -0.1) is 19.4 Å². The molecule has 3 rings (SSSR count). The Bertz CT molecular complexity index is 747. The van der Waals surface area contributed by atoms with E-state index >= 15 is 0 Å². The smallest absolute Gasteiger partial charge is 0.246 e. The molecule has 3 aliphatic rings. The predicted octanol–water partition coefficient (Wildman–Crippen LogP) is 2.34. The van der Waals surface area contributed by atoms with Gasteiger partial charge in [-0.3, -0.25) is 14.6 Å². The lowest BCUT2D eigenvalue weighted by molar-refractivity contribution is -0.130. The second-order valence-corrected chi connectivity index (χ2v) is 9.70. The number of carbonyl (C=O) groups excluding carboxylic acids is 3. The minimum Gasteiger partial charge on any atom is -0.400 e. The van der Waals surface area contributed by atoms with Crippen LogP contribution < -0.4 is 16.0 Å². The van der Waals surface area contributed by atoms with Crippen molar-refractivity contribution in [1.29, 1.82) is 0 Å². The lowest BCUT2D eigenvalue weighted by Crippen LogP contribution is -2.53. The van der Waals surface area contributed by atoms with Gasteiger partial charge in [-0.25, -0.2) is 0 Å². The van der Waals surface area contributed by atoms with Gasteiger partial charge in [0.15, 0.2) is 0 Å². The molecule has 264 valence electrons. The fourth-order valence-electron chi connectivity index (χ4n) is 3.94. The highest BCUT2D eigenvalue weighted by atomic mass is 16.5. The summed E-state index contributed by atoms with van der Waals surface area (Å²) in [6.07, 6.45) is 18.6. The summed E-state index contributed by atoms with van der Waals surface area (Å²) in [6.45, 7) is 21.8. The summed E-state index contributed by atoms with van der Waals surface area (Å²) >= 11 is 0. The van der Waals surface area contributed by atoms with E-state index in [0.29, 0.717) is 6.42 Å². The number of nitrogens with zero attached hydrogens (tertiary/aromatic N) is 3. The fraction of sp³-hybridized carbons (Fsp3) is 0.727. The largest absolute Gasteiger partial charge is 0.400 e. The predicted molar refractivity (Wildman–Crippen MR) is 189 cm³/mol. The zero-order chi connectivity index (χ0) is 36.1. The molecule has 0 aromatic rings. The summed E-state index contributed by atoms with van der Waals surface area (Å²) in [6, 6.07) is -0.150. The average Bonchev–Trinajstić information content (AvgIpc) is 3.52. The van der Waals surface area contributed by atoms with Crippen LogP contribution in [0.4, 0.5) is 0 Å². The number of carbonyl (C=O) groups is 3. The number of amides is 2. The maximum Gasteiger partial charge on any atom is 0.246 e. The van der Waals surface area contributed by atoms with E-state index in [4.69, 9.17) is 19.7 Å². The van der Waals surface area contributed by atoms with Crippen molar-refractivity contribution in [3.8, 4) is 12.8 Å². The third-order valence-electron chi connectivity index (χ3n) is 6.25. The molecule has 45 heavy (non-hydrogen) atoms. The van der Waals surface area contributed by atoms with E-state index in [1.807, 2.05) is 27.0 Å². The minimum absolute atomic E-state index is 0.0489. The number of aliphatic imine (C=N–C) groups is 2. The molecule has 12 heteroatoms. The highest BCUT2D eigenvalue weighted by Gasteiger charge is 2.59. The van der Waals surface area contributed by atoms with Gasteiger partial charge in [0.1, 0.15) is 12.3 Å². The van der Waals surface area contributed by atoms with Crippen LogP contribution in [0.5, 0.6) is 0 Å². The van der Waals surface area contributed by atoms with Crippen molar-refractivity contribution in [3.05, 3.63) is 12.7 Å². The zero-order valence-corrected chi connectivity index (χ0v) is 29.7. The Morgan fingerprint density at radius 3 is 2.00 bits per heavy atom. The maximum absolute atomic E-state index is 12.0. The van der Waals surface area contributed by atoms with Crippen LogP contribution in [0.25, 0.3) is 0 Å². The molecule has 2 unspecified atom stereocenters. The Morgan fingerprint density at radius 2 is 1.69 bits per heavy atom. The summed E-state index contributed by atoms with van der Waals surface area (Å²) in [4.78, 5) is 41.8. The molecule has 2 amide bonds. The number of hydrogen-bond donors (Lipinski definition) is 5. The number of terminal acetylenes is 1. The Hall–Kier alpha value is -3.11. The van der Waals surface area contributed by atoms with Crippen LogP contribution in [0.2, 0.25) is 0 Å². The highest BCUT2D eigenvalue weighted by Crippen LogP contribution is 2.44. The van der Waals surface area contributed by atoms with Crippen LogP contribution in [-0.4, -0.2) is 126 Å². The van der Waals surface area contributed by atoms with Gasteiger partial charge in [0.25, 0.3) is 0 Å². The van der Waals surface area contributed by atoms with Gasteiger partial charge in [0, 0.05) is 53.9 Å². The molecule has 12 nitrogen and oxygen atoms in total. The van der Waals surface area contributed by atoms with Crippen LogP contribution in [0.15, 0.2) is 22.6 Å². The van der Waals surface area contributed by atoms with Crippen molar-refractivity contribution >= 4 is 31.2 Å². The zero-order valence-electron chi connectivity index (χ0n) is 29.7. The standard InChI is InChI=1S/C12H19N3O2.C7H14N2O.C6H14.C3H7N.C2H2.2CH4O.CH2O/c1-3-8-7-12(8,11(17)13-2)15-10(16)9-5-4-6-14-9;1-2-8-7-9-3-5-10-6-4-9;1-4-5-6(2)3;1-3-4-2;4*1-2/h3,8-9,14H,1,4-7H2,2H3,(H,13,17)(H,15,16);7H,2-6H2,1H3;6H,4-5H2,1-3H3;3H,1-2H3;1-2H;2*2H,1H3;1H2/t8?,9-,12?;;;;;;;/m0......./s1. The molecular weight excluding hydrogens is 576 g/mol. The van der Waals surface area contributed by atoms with Crippen LogP contribution in [0, 0.1) is 24.7 Å². The van der Waals surface area contributed by atoms with Crippen molar-refractivity contribution in [1.82, 2.24) is 20.9 Å². The first kappa shape index (κ1) is 51.5. The molecule has 3 atom stereocenters. The first-order valence-corrected chi connectivity index (χ1v) is 15.4. The van der Waals surface area contributed by atoms with E-state index in [2.05, 4.69) is 71.0 Å². The number of hydrogen-bond acceptors (Lipinski definition) is 9. The molecule has 2 aliphatic heterocycles. The number of aliphatic hydroxyl groups is 2. The van der Waals surface area contributed by atoms with Crippen LogP contribution >= 0.6 is 0 Å². The Labute approximate surface area is 274 Å². The molecule has 0 spiro atoms. The van der Waals surface area contributed by atoms with Gasteiger partial charge in [-0.2, -0.15) is 0 Å². The molecule has 5 N–H and O–H groups in total. The second-order valence-electron chi connectivity index (χ2n) is 9.70. The quantitative estimate of drug-likeness (QED) is 0.117. The average molecular weight is 643 g/mol. The van der Waals surface area contributed by atoms with Gasteiger partial charge >= 0.3 is 0 Å². The first-order valence-electron chi connectivity index (χ1n) is 15.4. The number of aliphatic hydroxyl groups excluding tert-OH is 2. The molecular formula is C33H66N6O6. The molecule has 3 fully saturated rings. The van der Waals surface area contributed by atoms with Gasteiger partial charge in [0.05, 0.1) is 25.6 Å². The first-order chi connectivity index (χ1) is 21.8. The summed E-state index contributed by atoms with van der Waals surface area (Å²) in [5.41, 5.74) is -0.752. The lowest BCUT2D eigenvalue weighted by Gasteiger charge is -2.23. The van der Waals surface area contributed by atoms with Crippen molar-refractivity contribution in [2.75, 3.05) is 67.7 Å². The molecule has 0 aromatic heterocycles.